The Bertz CT molecular complexity index is 551. The van der Waals surface area contributed by atoms with Gasteiger partial charge in [0.25, 0.3) is 0 Å². The van der Waals surface area contributed by atoms with Gasteiger partial charge in [-0.15, -0.1) is 0 Å². The highest BCUT2D eigenvalue weighted by atomic mass is 79.9. The first-order chi connectivity index (χ1) is 9.65. The molecule has 0 fully saturated rings. The Labute approximate surface area is 125 Å². The number of carbonyl (C=O) groups is 2. The fraction of sp³-hybridized carbons (Fsp3) is 0.273. The van der Waals surface area contributed by atoms with Gasteiger partial charge in [-0.3, -0.25) is 0 Å². The smallest absolute Gasteiger partial charge is 0.416 e. The summed E-state index contributed by atoms with van der Waals surface area (Å²) in [6, 6.07) is -0.00979. The summed E-state index contributed by atoms with van der Waals surface area (Å²) in [5, 5.41) is 21.3. The van der Waals surface area contributed by atoms with Crippen molar-refractivity contribution in [3.05, 3.63) is 28.2 Å². The topological polar surface area (TPSA) is 98.7 Å². The molecule has 0 bridgehead atoms. The molecule has 1 aromatic rings. The van der Waals surface area contributed by atoms with Gasteiger partial charge in [-0.25, -0.2) is 9.59 Å². The molecular weight excluding hydrogens is 361 g/mol. The third-order valence-corrected chi connectivity index (χ3v) is 3.02. The Kier molecular flexibility index (Phi) is 5.55. The number of hydrogen-bond acceptors (Lipinski definition) is 3. The summed E-state index contributed by atoms with van der Waals surface area (Å²) in [6.07, 6.45) is -4.58. The number of alkyl halides is 3. The van der Waals surface area contributed by atoms with E-state index in [1.807, 2.05) is 5.32 Å². The van der Waals surface area contributed by atoms with Crippen LogP contribution in [-0.2, 0) is 11.0 Å². The molecule has 0 unspecified atom stereocenters. The second kappa shape index (κ2) is 6.76. The minimum absolute atomic E-state index is 0.182. The molecule has 116 valence electrons. The van der Waals surface area contributed by atoms with Crippen LogP contribution in [0.4, 0.5) is 23.7 Å². The second-order valence-electron chi connectivity index (χ2n) is 3.86. The summed E-state index contributed by atoms with van der Waals surface area (Å²) in [5.41, 5.74) is -1.16. The zero-order chi connectivity index (χ0) is 16.2. The highest BCUT2D eigenvalue weighted by molar-refractivity contribution is 9.10. The van der Waals surface area contributed by atoms with E-state index in [9.17, 15) is 22.8 Å². The molecule has 21 heavy (non-hydrogen) atoms. The number of halogens is 4. The van der Waals surface area contributed by atoms with Crippen LogP contribution in [-0.4, -0.2) is 34.9 Å². The van der Waals surface area contributed by atoms with E-state index in [0.29, 0.717) is 6.07 Å². The number of aliphatic hydroxyl groups is 1. The van der Waals surface area contributed by atoms with Crippen molar-refractivity contribution >= 4 is 33.6 Å². The zero-order valence-electron chi connectivity index (χ0n) is 10.2. The maximum atomic E-state index is 12.6. The third-order valence-electron chi connectivity index (χ3n) is 2.33. The number of carbonyl (C=O) groups excluding carboxylic acids is 1. The number of aliphatic carboxylic acids is 1. The Balaban J connectivity index is 2.87. The Morgan fingerprint density at radius 1 is 1.33 bits per heavy atom. The number of aliphatic hydroxyl groups excluding tert-OH is 1. The number of urea groups is 1. The van der Waals surface area contributed by atoms with E-state index in [1.54, 1.807) is 0 Å². The summed E-state index contributed by atoms with van der Waals surface area (Å²) in [4.78, 5) is 22.1. The van der Waals surface area contributed by atoms with E-state index in [2.05, 4.69) is 21.2 Å². The van der Waals surface area contributed by atoms with E-state index >= 15 is 0 Å². The van der Waals surface area contributed by atoms with Gasteiger partial charge in [0.2, 0.25) is 0 Å². The predicted octanol–water partition coefficient (Wildman–Crippen LogP) is 2.03. The van der Waals surface area contributed by atoms with Crippen LogP contribution in [0, 0.1) is 0 Å². The summed E-state index contributed by atoms with van der Waals surface area (Å²) in [5.74, 6) is -1.48. The van der Waals surface area contributed by atoms with Crippen LogP contribution < -0.4 is 10.6 Å². The summed E-state index contributed by atoms with van der Waals surface area (Å²) < 4.78 is 37.8. The van der Waals surface area contributed by atoms with Gasteiger partial charge in [0.05, 0.1) is 17.9 Å². The number of amides is 2. The average Bonchev–Trinajstić information content (AvgIpc) is 2.36. The first kappa shape index (κ1) is 17.2. The van der Waals surface area contributed by atoms with Crippen molar-refractivity contribution in [3.63, 3.8) is 0 Å². The molecule has 1 aromatic carbocycles. The molecule has 0 aliphatic carbocycles. The van der Waals surface area contributed by atoms with Crippen molar-refractivity contribution in [2.75, 3.05) is 11.9 Å². The number of carboxylic acid groups (broad SMARTS) is 1. The molecule has 6 nitrogen and oxygen atoms in total. The van der Waals surface area contributed by atoms with Crippen molar-refractivity contribution in [1.82, 2.24) is 5.32 Å². The number of nitrogens with one attached hydrogen (secondary N) is 2. The van der Waals surface area contributed by atoms with Gasteiger partial charge in [-0.1, -0.05) is 0 Å². The van der Waals surface area contributed by atoms with E-state index in [0.717, 1.165) is 12.1 Å². The monoisotopic (exact) mass is 370 g/mol. The predicted molar refractivity (Wildman–Crippen MR) is 69.8 cm³/mol. The Hall–Kier alpha value is -1.81. The molecule has 0 radical (unpaired) electrons. The van der Waals surface area contributed by atoms with Crippen molar-refractivity contribution in [2.45, 2.75) is 12.2 Å². The number of rotatable bonds is 4. The highest BCUT2D eigenvalue weighted by Gasteiger charge is 2.31. The minimum Gasteiger partial charge on any atom is -0.480 e. The molecule has 10 heteroatoms. The summed E-state index contributed by atoms with van der Waals surface area (Å²) in [6.45, 7) is -0.855. The van der Waals surface area contributed by atoms with E-state index in [4.69, 9.17) is 10.2 Å². The van der Waals surface area contributed by atoms with Crippen molar-refractivity contribution in [1.29, 1.82) is 0 Å². The molecule has 0 spiro atoms. The summed E-state index contributed by atoms with van der Waals surface area (Å²) in [7, 11) is 0. The zero-order valence-corrected chi connectivity index (χ0v) is 11.8. The molecular formula is C11H10BrF3N2O4. The summed E-state index contributed by atoms with van der Waals surface area (Å²) >= 11 is 2.96. The number of carboxylic acids is 1. The lowest BCUT2D eigenvalue weighted by Crippen LogP contribution is -2.45. The molecule has 0 aliphatic rings. The highest BCUT2D eigenvalue weighted by Crippen LogP contribution is 2.33. The SMILES string of the molecule is O=C(Nc1cc(C(F)(F)F)ccc1Br)N[C@H](CO)C(=O)O. The van der Waals surface area contributed by atoms with Crippen LogP contribution in [0.1, 0.15) is 5.56 Å². The van der Waals surface area contributed by atoms with Crippen molar-refractivity contribution in [3.8, 4) is 0 Å². The van der Waals surface area contributed by atoms with Crippen LogP contribution in [0.2, 0.25) is 0 Å². The van der Waals surface area contributed by atoms with Gasteiger partial charge in [0.15, 0.2) is 6.04 Å². The normalized spacial score (nSPS) is 12.6. The van der Waals surface area contributed by atoms with Gasteiger partial charge in [0, 0.05) is 4.47 Å². The first-order valence-corrected chi connectivity index (χ1v) is 6.22. The number of benzene rings is 1. The van der Waals surface area contributed by atoms with Crippen LogP contribution in [0.5, 0.6) is 0 Å². The van der Waals surface area contributed by atoms with E-state index < -0.39 is 36.4 Å². The lowest BCUT2D eigenvalue weighted by molar-refractivity contribution is -0.140. The molecule has 0 saturated heterocycles. The largest absolute Gasteiger partial charge is 0.480 e. The Morgan fingerprint density at radius 3 is 2.43 bits per heavy atom. The van der Waals surface area contributed by atoms with Crippen molar-refractivity contribution < 1.29 is 33.0 Å². The lowest BCUT2D eigenvalue weighted by Gasteiger charge is -2.15. The quantitative estimate of drug-likeness (QED) is 0.651. The standard InChI is InChI=1S/C11H10BrF3N2O4/c12-6-2-1-5(11(13,14)15)3-7(6)16-10(21)17-8(4-18)9(19)20/h1-3,8,18H,4H2,(H,19,20)(H2,16,17,21)/t8-/m1/s1. The van der Waals surface area contributed by atoms with E-state index in [-0.39, 0.29) is 10.2 Å². The number of anilines is 1. The van der Waals surface area contributed by atoms with Gasteiger partial charge < -0.3 is 20.8 Å². The van der Waals surface area contributed by atoms with Gasteiger partial charge >= 0.3 is 18.2 Å². The molecule has 0 aliphatic heterocycles. The van der Waals surface area contributed by atoms with Crippen LogP contribution in [0.15, 0.2) is 22.7 Å². The van der Waals surface area contributed by atoms with Gasteiger partial charge in [0.1, 0.15) is 0 Å². The average molecular weight is 371 g/mol. The van der Waals surface area contributed by atoms with Gasteiger partial charge in [-0.2, -0.15) is 13.2 Å². The molecule has 0 heterocycles. The molecule has 0 aromatic heterocycles. The Morgan fingerprint density at radius 2 is 1.95 bits per heavy atom. The molecule has 2 amide bonds. The fourth-order valence-electron chi connectivity index (χ4n) is 1.30. The molecule has 1 atom stereocenters. The van der Waals surface area contributed by atoms with Crippen LogP contribution >= 0.6 is 15.9 Å². The maximum absolute atomic E-state index is 12.6. The molecule has 0 saturated carbocycles. The maximum Gasteiger partial charge on any atom is 0.416 e. The van der Waals surface area contributed by atoms with E-state index in [1.165, 1.54) is 0 Å². The molecule has 4 N–H and O–H groups in total. The fourth-order valence-corrected chi connectivity index (χ4v) is 1.65. The minimum atomic E-state index is -4.58. The van der Waals surface area contributed by atoms with Gasteiger partial charge in [-0.05, 0) is 34.1 Å². The number of hydrogen-bond donors (Lipinski definition) is 4. The third kappa shape index (κ3) is 4.90. The lowest BCUT2D eigenvalue weighted by atomic mass is 10.2. The second-order valence-corrected chi connectivity index (χ2v) is 4.72. The van der Waals surface area contributed by atoms with Crippen LogP contribution in [0.25, 0.3) is 0 Å². The first-order valence-electron chi connectivity index (χ1n) is 5.43. The molecule has 1 rings (SSSR count). The van der Waals surface area contributed by atoms with Crippen LogP contribution in [0.3, 0.4) is 0 Å². The van der Waals surface area contributed by atoms with Crippen molar-refractivity contribution in [2.24, 2.45) is 0 Å².